The Morgan fingerprint density at radius 1 is 0.964 bits per heavy atom. The maximum absolute atomic E-state index is 11.6. The van der Waals surface area contributed by atoms with Gasteiger partial charge in [-0.25, -0.2) is 0 Å². The first kappa shape index (κ1) is 24.5. The van der Waals surface area contributed by atoms with Gasteiger partial charge in [0.05, 0.1) is 6.61 Å². The van der Waals surface area contributed by atoms with E-state index in [-0.39, 0.29) is 11.8 Å². The van der Waals surface area contributed by atoms with Crippen molar-refractivity contribution < 1.29 is 14.3 Å². The first-order valence-electron chi connectivity index (χ1n) is 10.9. The van der Waals surface area contributed by atoms with Crippen LogP contribution in [0.5, 0.6) is 5.75 Å². The maximum Gasteiger partial charge on any atom is 0.220 e. The molecule has 0 aliphatic carbocycles. The highest BCUT2D eigenvalue weighted by atomic mass is 16.5. The SMILES string of the molecule is COCCCOc1ccccc1CC(CCCCC(C(N)=O)C(C)C)C(C)C. The van der Waals surface area contributed by atoms with Crippen LogP contribution in [0.25, 0.3) is 0 Å². The molecule has 4 heteroatoms. The second-order valence-electron chi connectivity index (χ2n) is 8.55. The van der Waals surface area contributed by atoms with Crippen molar-refractivity contribution in [3.63, 3.8) is 0 Å². The van der Waals surface area contributed by atoms with E-state index in [0.29, 0.717) is 24.4 Å². The summed E-state index contributed by atoms with van der Waals surface area (Å²) in [5.41, 5.74) is 6.83. The average molecular weight is 392 g/mol. The van der Waals surface area contributed by atoms with Crippen LogP contribution in [0.4, 0.5) is 0 Å². The highest BCUT2D eigenvalue weighted by molar-refractivity contribution is 5.76. The van der Waals surface area contributed by atoms with Crippen LogP contribution in [0.1, 0.15) is 65.4 Å². The fourth-order valence-electron chi connectivity index (χ4n) is 3.73. The van der Waals surface area contributed by atoms with E-state index in [1.807, 2.05) is 6.07 Å². The van der Waals surface area contributed by atoms with Gasteiger partial charge in [-0.1, -0.05) is 58.7 Å². The average Bonchev–Trinajstić information content (AvgIpc) is 2.64. The molecule has 2 unspecified atom stereocenters. The minimum absolute atomic E-state index is 0.00118. The smallest absolute Gasteiger partial charge is 0.220 e. The molecule has 4 nitrogen and oxygen atoms in total. The van der Waals surface area contributed by atoms with Crippen LogP contribution in [0.3, 0.4) is 0 Å². The Kier molecular flexibility index (Phi) is 11.9. The number of carbonyl (C=O) groups is 1. The molecule has 0 aliphatic heterocycles. The van der Waals surface area contributed by atoms with Gasteiger partial charge in [-0.15, -0.1) is 0 Å². The number of carbonyl (C=O) groups excluding carboxylic acids is 1. The van der Waals surface area contributed by atoms with Gasteiger partial charge in [0.15, 0.2) is 0 Å². The monoisotopic (exact) mass is 391 g/mol. The molecule has 2 N–H and O–H groups in total. The Morgan fingerprint density at radius 3 is 2.25 bits per heavy atom. The Morgan fingerprint density at radius 2 is 1.64 bits per heavy atom. The molecule has 28 heavy (non-hydrogen) atoms. The topological polar surface area (TPSA) is 61.6 Å². The minimum Gasteiger partial charge on any atom is -0.493 e. The third kappa shape index (κ3) is 9.09. The lowest BCUT2D eigenvalue weighted by molar-refractivity contribution is -0.123. The van der Waals surface area contributed by atoms with Crippen LogP contribution in [0.2, 0.25) is 0 Å². The first-order valence-corrected chi connectivity index (χ1v) is 10.9. The van der Waals surface area contributed by atoms with Crippen molar-refractivity contribution in [1.82, 2.24) is 0 Å². The molecule has 0 aromatic heterocycles. The van der Waals surface area contributed by atoms with Crippen molar-refractivity contribution in [3.8, 4) is 5.75 Å². The van der Waals surface area contributed by atoms with Crippen LogP contribution < -0.4 is 10.5 Å². The van der Waals surface area contributed by atoms with E-state index >= 15 is 0 Å². The summed E-state index contributed by atoms with van der Waals surface area (Å²) in [6, 6.07) is 8.38. The minimum atomic E-state index is -0.157. The summed E-state index contributed by atoms with van der Waals surface area (Å²) in [7, 11) is 1.72. The zero-order valence-electron chi connectivity index (χ0n) is 18.6. The second kappa shape index (κ2) is 13.6. The number of para-hydroxylation sites is 1. The number of unbranched alkanes of at least 4 members (excludes halogenated alkanes) is 1. The van der Waals surface area contributed by atoms with Crippen LogP contribution >= 0.6 is 0 Å². The van der Waals surface area contributed by atoms with Crippen LogP contribution in [0, 0.1) is 23.7 Å². The Hall–Kier alpha value is -1.55. The lowest BCUT2D eigenvalue weighted by Crippen LogP contribution is -2.27. The molecule has 1 aromatic carbocycles. The molecule has 0 saturated carbocycles. The standard InChI is InChI=1S/C24H41NO3/c1-18(2)20(11-6-8-13-22(19(3)4)24(25)26)17-21-12-7-9-14-23(21)28-16-10-15-27-5/h7,9,12,14,18-20,22H,6,8,10-11,13,15-17H2,1-5H3,(H2,25,26). The van der Waals surface area contributed by atoms with Gasteiger partial charge in [-0.05, 0) is 48.6 Å². The molecule has 1 aromatic rings. The van der Waals surface area contributed by atoms with Gasteiger partial charge in [-0.3, -0.25) is 4.79 Å². The zero-order chi connectivity index (χ0) is 20.9. The van der Waals surface area contributed by atoms with E-state index < -0.39 is 0 Å². The summed E-state index contributed by atoms with van der Waals surface area (Å²) in [6.45, 7) is 10.2. The Balaban J connectivity index is 2.57. The molecule has 0 heterocycles. The van der Waals surface area contributed by atoms with Crippen molar-refractivity contribution in [2.45, 2.75) is 66.2 Å². The molecule has 0 radical (unpaired) electrons. The summed E-state index contributed by atoms with van der Waals surface area (Å²) in [5, 5.41) is 0. The number of primary amides is 1. The highest BCUT2D eigenvalue weighted by Gasteiger charge is 2.20. The third-order valence-corrected chi connectivity index (χ3v) is 5.66. The number of hydrogen-bond donors (Lipinski definition) is 1. The molecule has 0 saturated heterocycles. The fourth-order valence-corrected chi connectivity index (χ4v) is 3.73. The Bertz CT molecular complexity index is 557. The van der Waals surface area contributed by atoms with E-state index in [2.05, 4.69) is 45.9 Å². The molecular weight excluding hydrogens is 350 g/mol. The number of rotatable bonds is 15. The molecule has 0 spiro atoms. The van der Waals surface area contributed by atoms with E-state index in [1.165, 1.54) is 12.0 Å². The summed E-state index contributed by atoms with van der Waals surface area (Å²) in [5.74, 6) is 2.38. The van der Waals surface area contributed by atoms with Gasteiger partial charge < -0.3 is 15.2 Å². The molecule has 0 aliphatic rings. The van der Waals surface area contributed by atoms with E-state index in [0.717, 1.165) is 44.5 Å². The molecule has 0 fully saturated rings. The van der Waals surface area contributed by atoms with E-state index in [1.54, 1.807) is 7.11 Å². The van der Waals surface area contributed by atoms with Crippen LogP contribution in [-0.2, 0) is 16.0 Å². The van der Waals surface area contributed by atoms with Crippen molar-refractivity contribution >= 4 is 5.91 Å². The van der Waals surface area contributed by atoms with E-state index in [9.17, 15) is 4.79 Å². The van der Waals surface area contributed by atoms with Crippen molar-refractivity contribution in [2.75, 3.05) is 20.3 Å². The van der Waals surface area contributed by atoms with Crippen LogP contribution in [-0.4, -0.2) is 26.2 Å². The lowest BCUT2D eigenvalue weighted by atomic mass is 9.83. The number of hydrogen-bond acceptors (Lipinski definition) is 3. The van der Waals surface area contributed by atoms with Crippen molar-refractivity contribution in [3.05, 3.63) is 29.8 Å². The molecule has 0 bridgehead atoms. The Labute approximate surface area is 172 Å². The summed E-state index contributed by atoms with van der Waals surface area (Å²) >= 11 is 0. The lowest BCUT2D eigenvalue weighted by Gasteiger charge is -2.23. The van der Waals surface area contributed by atoms with Gasteiger partial charge in [0, 0.05) is 26.1 Å². The quantitative estimate of drug-likeness (QED) is 0.416. The molecule has 2 atom stereocenters. The normalized spacial score (nSPS) is 13.7. The molecule has 160 valence electrons. The third-order valence-electron chi connectivity index (χ3n) is 5.66. The van der Waals surface area contributed by atoms with Crippen molar-refractivity contribution in [2.24, 2.45) is 29.4 Å². The van der Waals surface area contributed by atoms with Gasteiger partial charge >= 0.3 is 0 Å². The molecule has 1 rings (SSSR count). The molecular formula is C24H41NO3. The second-order valence-corrected chi connectivity index (χ2v) is 8.55. The zero-order valence-corrected chi connectivity index (χ0v) is 18.6. The van der Waals surface area contributed by atoms with Gasteiger partial charge in [-0.2, -0.15) is 0 Å². The predicted molar refractivity (Wildman–Crippen MR) is 116 cm³/mol. The van der Waals surface area contributed by atoms with Crippen molar-refractivity contribution in [1.29, 1.82) is 0 Å². The summed E-state index contributed by atoms with van der Waals surface area (Å²) < 4.78 is 11.1. The number of nitrogens with two attached hydrogens (primary N) is 1. The fraction of sp³-hybridized carbons (Fsp3) is 0.708. The van der Waals surface area contributed by atoms with Gasteiger partial charge in [0.1, 0.15) is 5.75 Å². The predicted octanol–water partition coefficient (Wildman–Crippen LogP) is 5.23. The largest absolute Gasteiger partial charge is 0.493 e. The van der Waals surface area contributed by atoms with Crippen LogP contribution in [0.15, 0.2) is 24.3 Å². The maximum atomic E-state index is 11.6. The number of benzene rings is 1. The van der Waals surface area contributed by atoms with Gasteiger partial charge in [0.25, 0.3) is 0 Å². The van der Waals surface area contributed by atoms with E-state index in [4.69, 9.17) is 15.2 Å². The first-order chi connectivity index (χ1) is 13.4. The number of ether oxygens (including phenoxy) is 2. The molecule has 1 amide bonds. The number of amides is 1. The summed E-state index contributed by atoms with van der Waals surface area (Å²) in [4.78, 5) is 11.6. The highest BCUT2D eigenvalue weighted by Crippen LogP contribution is 2.29. The summed E-state index contributed by atoms with van der Waals surface area (Å²) in [6.07, 6.45) is 6.19. The van der Waals surface area contributed by atoms with Gasteiger partial charge in [0.2, 0.25) is 5.91 Å². The number of methoxy groups -OCH3 is 1.